The fourth-order valence-corrected chi connectivity index (χ4v) is 4.43. The first kappa shape index (κ1) is 26.8. The van der Waals surface area contributed by atoms with Gasteiger partial charge >= 0.3 is 6.18 Å². The summed E-state index contributed by atoms with van der Waals surface area (Å²) in [6.07, 6.45) is -2.63. The van der Waals surface area contributed by atoms with Gasteiger partial charge in [0.05, 0.1) is 35.1 Å². The molecular weight excluding hydrogens is 537 g/mol. The summed E-state index contributed by atoms with van der Waals surface area (Å²) < 4.78 is 39.2. The average molecular weight is 557 g/mol. The van der Waals surface area contributed by atoms with Crippen LogP contribution in [-0.4, -0.2) is 56.5 Å². The zero-order valence-electron chi connectivity index (χ0n) is 19.1. The van der Waals surface area contributed by atoms with Gasteiger partial charge < -0.3 is 15.7 Å². The van der Waals surface area contributed by atoms with Gasteiger partial charge in [-0.25, -0.2) is 19.9 Å². The van der Waals surface area contributed by atoms with Crippen molar-refractivity contribution < 1.29 is 27.9 Å². The summed E-state index contributed by atoms with van der Waals surface area (Å²) in [7, 11) is 0. The topological polar surface area (TPSA) is 145 Å². The Hall–Kier alpha value is -3.24. The number of piperazine rings is 1. The van der Waals surface area contributed by atoms with E-state index >= 15 is 0 Å². The minimum absolute atomic E-state index is 0.116. The standard InChI is InChI=1S/C21H20ClF3N8O3S/c1-10(31-18(35)13-5-16(30-9-29-13)33-3-2-26-8-17(33)34)20-28-7-14(37-20)19(36)32-15-4-11(21(23,24)25)12(22)6-27-15/h4-7,9-10,18,26,31,35H,2-3,8H2,1H3,(H,27,32,36). The summed E-state index contributed by atoms with van der Waals surface area (Å²) in [6.45, 7) is 2.93. The number of pyridine rings is 1. The van der Waals surface area contributed by atoms with Gasteiger partial charge in [0.15, 0.2) is 0 Å². The molecule has 4 heterocycles. The predicted molar refractivity (Wildman–Crippen MR) is 128 cm³/mol. The molecule has 16 heteroatoms. The van der Waals surface area contributed by atoms with Crippen LogP contribution >= 0.6 is 22.9 Å². The van der Waals surface area contributed by atoms with Crippen LogP contribution in [0.4, 0.5) is 24.8 Å². The van der Waals surface area contributed by atoms with E-state index in [0.29, 0.717) is 30.0 Å². The number of anilines is 2. The van der Waals surface area contributed by atoms with Crippen molar-refractivity contribution in [2.24, 2.45) is 0 Å². The number of rotatable bonds is 7. The minimum atomic E-state index is -4.70. The number of thiazole rings is 1. The number of hydrogen-bond donors (Lipinski definition) is 4. The Bertz CT molecular complexity index is 1310. The van der Waals surface area contributed by atoms with E-state index in [1.54, 1.807) is 6.92 Å². The summed E-state index contributed by atoms with van der Waals surface area (Å²) in [6, 6.07) is 1.61. The van der Waals surface area contributed by atoms with Crippen LogP contribution in [0.15, 0.2) is 30.9 Å². The first-order valence-electron chi connectivity index (χ1n) is 10.8. The molecule has 1 fully saturated rings. The summed E-state index contributed by atoms with van der Waals surface area (Å²) in [5.74, 6) is -0.812. The lowest BCUT2D eigenvalue weighted by Gasteiger charge is -2.27. The first-order valence-corrected chi connectivity index (χ1v) is 12.0. The largest absolute Gasteiger partial charge is 0.418 e. The van der Waals surface area contributed by atoms with Crippen molar-refractivity contribution in [2.75, 3.05) is 29.9 Å². The van der Waals surface area contributed by atoms with Crippen molar-refractivity contribution in [1.82, 2.24) is 30.6 Å². The summed E-state index contributed by atoms with van der Waals surface area (Å²) in [5, 5.41) is 18.6. The summed E-state index contributed by atoms with van der Waals surface area (Å²) in [5.41, 5.74) is -0.891. The number of nitrogens with one attached hydrogen (secondary N) is 3. The Morgan fingerprint density at radius 2 is 2.03 bits per heavy atom. The molecule has 0 saturated carbocycles. The molecule has 0 bridgehead atoms. The molecule has 1 aliphatic rings. The molecule has 3 aromatic heterocycles. The predicted octanol–water partition coefficient (Wildman–Crippen LogP) is 2.53. The fraction of sp³-hybridized carbons (Fsp3) is 0.333. The molecule has 196 valence electrons. The van der Waals surface area contributed by atoms with Crippen LogP contribution in [0.1, 0.15) is 45.1 Å². The number of nitrogens with zero attached hydrogens (tertiary/aromatic N) is 5. The molecule has 37 heavy (non-hydrogen) atoms. The zero-order chi connectivity index (χ0) is 26.7. The van der Waals surface area contributed by atoms with Crippen molar-refractivity contribution >= 4 is 46.4 Å². The van der Waals surface area contributed by atoms with Gasteiger partial charge in [-0.2, -0.15) is 13.2 Å². The molecule has 11 nitrogen and oxygen atoms in total. The van der Waals surface area contributed by atoms with Crippen molar-refractivity contribution in [2.45, 2.75) is 25.4 Å². The SMILES string of the molecule is CC(NC(O)c1cc(N2CCNCC2=O)ncn1)c1ncc(C(=O)Nc2cc(C(F)(F)F)c(Cl)cn2)s1. The molecule has 2 atom stereocenters. The van der Waals surface area contributed by atoms with Crippen LogP contribution in [-0.2, 0) is 11.0 Å². The smallest absolute Gasteiger partial charge is 0.373 e. The molecular formula is C21H20ClF3N8O3S. The Morgan fingerprint density at radius 3 is 2.76 bits per heavy atom. The van der Waals surface area contributed by atoms with E-state index in [9.17, 15) is 27.9 Å². The van der Waals surface area contributed by atoms with Gasteiger partial charge in [-0.3, -0.25) is 19.8 Å². The molecule has 1 aliphatic heterocycles. The molecule has 0 aliphatic carbocycles. The number of aliphatic hydroxyl groups excluding tert-OH is 1. The number of aliphatic hydroxyl groups is 1. The highest BCUT2D eigenvalue weighted by Crippen LogP contribution is 2.35. The van der Waals surface area contributed by atoms with Crippen molar-refractivity contribution in [3.63, 3.8) is 0 Å². The monoisotopic (exact) mass is 556 g/mol. The summed E-state index contributed by atoms with van der Waals surface area (Å²) >= 11 is 6.53. The second kappa shape index (κ2) is 11.0. The van der Waals surface area contributed by atoms with E-state index < -0.39 is 34.9 Å². The highest BCUT2D eigenvalue weighted by Gasteiger charge is 2.34. The Kier molecular flexibility index (Phi) is 7.99. The highest BCUT2D eigenvalue weighted by atomic mass is 35.5. The molecule has 1 saturated heterocycles. The number of amides is 2. The molecule has 4 rings (SSSR count). The van der Waals surface area contributed by atoms with Crippen LogP contribution in [0.3, 0.4) is 0 Å². The molecule has 2 amide bonds. The maximum atomic E-state index is 13.1. The van der Waals surface area contributed by atoms with Crippen molar-refractivity contribution in [3.8, 4) is 0 Å². The lowest BCUT2D eigenvalue weighted by Crippen LogP contribution is -2.48. The van der Waals surface area contributed by atoms with E-state index in [-0.39, 0.29) is 28.8 Å². The third-order valence-corrected chi connectivity index (χ3v) is 6.73. The Labute approximate surface area is 217 Å². The van der Waals surface area contributed by atoms with E-state index in [0.717, 1.165) is 17.5 Å². The second-order valence-corrected chi connectivity index (χ2v) is 9.35. The van der Waals surface area contributed by atoms with Gasteiger partial charge in [0.1, 0.15) is 34.1 Å². The average Bonchev–Trinajstić information content (AvgIpc) is 3.36. The van der Waals surface area contributed by atoms with Crippen LogP contribution in [0.5, 0.6) is 0 Å². The van der Waals surface area contributed by atoms with Gasteiger partial charge in [-0.1, -0.05) is 11.6 Å². The number of carbonyl (C=O) groups excluding carboxylic acids is 2. The van der Waals surface area contributed by atoms with Crippen LogP contribution in [0.2, 0.25) is 5.02 Å². The summed E-state index contributed by atoms with van der Waals surface area (Å²) in [4.78, 5) is 42.3. The van der Waals surface area contributed by atoms with Gasteiger partial charge in [0.25, 0.3) is 5.91 Å². The van der Waals surface area contributed by atoms with Crippen molar-refractivity contribution in [3.05, 3.63) is 57.0 Å². The van der Waals surface area contributed by atoms with E-state index in [4.69, 9.17) is 11.6 Å². The lowest BCUT2D eigenvalue weighted by molar-refractivity contribution is -0.137. The molecule has 0 aromatic carbocycles. The van der Waals surface area contributed by atoms with Crippen LogP contribution in [0.25, 0.3) is 0 Å². The lowest BCUT2D eigenvalue weighted by atomic mass is 10.2. The normalized spacial score (nSPS) is 15.9. The Morgan fingerprint density at radius 1 is 1.24 bits per heavy atom. The molecule has 2 unspecified atom stereocenters. The third kappa shape index (κ3) is 6.37. The van der Waals surface area contributed by atoms with E-state index in [1.165, 1.54) is 23.5 Å². The van der Waals surface area contributed by atoms with E-state index in [2.05, 4.69) is 35.9 Å². The molecule has 4 N–H and O–H groups in total. The van der Waals surface area contributed by atoms with Gasteiger partial charge in [-0.05, 0) is 13.0 Å². The maximum Gasteiger partial charge on any atom is 0.418 e. The fourth-order valence-electron chi connectivity index (χ4n) is 3.40. The molecule has 0 radical (unpaired) electrons. The number of aromatic nitrogens is 4. The van der Waals surface area contributed by atoms with Crippen LogP contribution < -0.4 is 20.9 Å². The van der Waals surface area contributed by atoms with Gasteiger partial charge in [-0.15, -0.1) is 11.3 Å². The zero-order valence-corrected chi connectivity index (χ0v) is 20.7. The number of alkyl halides is 3. The van der Waals surface area contributed by atoms with Crippen molar-refractivity contribution in [1.29, 1.82) is 0 Å². The van der Waals surface area contributed by atoms with E-state index in [1.807, 2.05) is 0 Å². The Balaban J connectivity index is 1.41. The van der Waals surface area contributed by atoms with Gasteiger partial charge in [0, 0.05) is 25.4 Å². The maximum absolute atomic E-state index is 13.1. The third-order valence-electron chi connectivity index (χ3n) is 5.25. The number of hydrogen-bond acceptors (Lipinski definition) is 10. The first-order chi connectivity index (χ1) is 17.5. The van der Waals surface area contributed by atoms with Crippen LogP contribution in [0, 0.1) is 0 Å². The number of halogens is 4. The molecule has 0 spiro atoms. The highest BCUT2D eigenvalue weighted by molar-refractivity contribution is 7.13. The van der Waals surface area contributed by atoms with Gasteiger partial charge in [0.2, 0.25) is 5.91 Å². The quantitative estimate of drug-likeness (QED) is 0.322. The second-order valence-electron chi connectivity index (χ2n) is 7.88. The number of carbonyl (C=O) groups is 2. The minimum Gasteiger partial charge on any atom is -0.373 e. The molecule has 3 aromatic rings.